The Balaban J connectivity index is 1.86. The van der Waals surface area contributed by atoms with E-state index in [4.69, 9.17) is 5.73 Å². The van der Waals surface area contributed by atoms with Gasteiger partial charge in [-0.15, -0.1) is 23.5 Å². The first-order valence-corrected chi connectivity index (χ1v) is 9.61. The van der Waals surface area contributed by atoms with Crippen molar-refractivity contribution < 1.29 is 0 Å². The molecule has 2 atom stereocenters. The molecule has 2 heterocycles. The molecule has 0 spiro atoms. The zero-order chi connectivity index (χ0) is 16.5. The fourth-order valence-corrected chi connectivity index (χ4v) is 5.89. The van der Waals surface area contributed by atoms with Crippen LogP contribution in [0.2, 0.25) is 0 Å². The number of nitrogens with zero attached hydrogens (tertiary/aromatic N) is 1. The molecule has 0 amide bonds. The van der Waals surface area contributed by atoms with Crippen LogP contribution in [0, 0.1) is 11.3 Å². The summed E-state index contributed by atoms with van der Waals surface area (Å²) in [6, 6.07) is 23.3. The molecule has 0 bridgehead atoms. The third-order valence-electron chi connectivity index (χ3n) is 4.31. The molecule has 0 radical (unpaired) electrons. The lowest BCUT2D eigenvalue weighted by molar-refractivity contribution is 0.919. The summed E-state index contributed by atoms with van der Waals surface area (Å²) in [7, 11) is 0. The van der Waals surface area contributed by atoms with E-state index in [1.165, 1.54) is 20.9 Å². The first-order valence-electron chi connectivity index (χ1n) is 7.85. The lowest BCUT2D eigenvalue weighted by Gasteiger charge is -2.27. The molecular formula is C20H16N2S2. The van der Waals surface area contributed by atoms with Crippen LogP contribution in [-0.4, -0.2) is 5.37 Å². The van der Waals surface area contributed by atoms with E-state index >= 15 is 0 Å². The van der Waals surface area contributed by atoms with Gasteiger partial charge in [-0.3, -0.25) is 0 Å². The number of hydrogen-bond donors (Lipinski definition) is 1. The number of benzene rings is 2. The van der Waals surface area contributed by atoms with Gasteiger partial charge in [0, 0.05) is 15.1 Å². The normalized spacial score (nSPS) is 23.2. The van der Waals surface area contributed by atoms with Crippen LogP contribution in [0.4, 0.5) is 0 Å². The van der Waals surface area contributed by atoms with E-state index in [0.29, 0.717) is 5.25 Å². The van der Waals surface area contributed by atoms with E-state index in [1.54, 1.807) is 11.8 Å². The Kier molecular flexibility index (Phi) is 4.24. The number of hydrogen-bond acceptors (Lipinski definition) is 4. The number of thioether (sulfide) groups is 2. The van der Waals surface area contributed by atoms with Gasteiger partial charge in [-0.05, 0) is 23.1 Å². The second-order valence-corrected chi connectivity index (χ2v) is 8.15. The summed E-state index contributed by atoms with van der Waals surface area (Å²) < 4.78 is 0. The molecule has 2 aromatic rings. The summed E-state index contributed by atoms with van der Waals surface area (Å²) in [4.78, 5) is 2.44. The number of rotatable bonds is 2. The van der Waals surface area contributed by atoms with Gasteiger partial charge in [-0.1, -0.05) is 60.7 Å². The highest BCUT2D eigenvalue weighted by Crippen LogP contribution is 2.58. The van der Waals surface area contributed by atoms with Crippen molar-refractivity contribution in [1.82, 2.24) is 0 Å². The van der Waals surface area contributed by atoms with Gasteiger partial charge in [0.05, 0.1) is 17.0 Å². The minimum atomic E-state index is -0.242. The SMILES string of the molecule is N#CC1=C2CC(c3ccccc3)SC(c3ccccc3)=C2SC1N. The smallest absolute Gasteiger partial charge is 0.0976 e. The predicted octanol–water partition coefficient (Wildman–Crippen LogP) is 5.09. The quantitative estimate of drug-likeness (QED) is 0.822. The van der Waals surface area contributed by atoms with Gasteiger partial charge in [0.1, 0.15) is 0 Å². The summed E-state index contributed by atoms with van der Waals surface area (Å²) in [5.41, 5.74) is 10.6. The Morgan fingerprint density at radius 1 is 0.917 bits per heavy atom. The second kappa shape index (κ2) is 6.52. The van der Waals surface area contributed by atoms with Crippen LogP contribution in [-0.2, 0) is 0 Å². The molecule has 2 aliphatic heterocycles. The average Bonchev–Trinajstić information content (AvgIpc) is 2.97. The van der Waals surface area contributed by atoms with Crippen molar-refractivity contribution in [2.24, 2.45) is 5.73 Å². The summed E-state index contributed by atoms with van der Waals surface area (Å²) in [6.45, 7) is 0. The zero-order valence-electron chi connectivity index (χ0n) is 13.0. The lowest BCUT2D eigenvalue weighted by Crippen LogP contribution is -2.14. The summed E-state index contributed by atoms with van der Waals surface area (Å²) >= 11 is 3.51. The van der Waals surface area contributed by atoms with Gasteiger partial charge in [0.15, 0.2) is 0 Å². The lowest BCUT2D eigenvalue weighted by atomic mass is 9.98. The second-order valence-electron chi connectivity index (χ2n) is 5.79. The molecule has 0 aliphatic carbocycles. The average molecular weight is 348 g/mol. The van der Waals surface area contributed by atoms with Crippen LogP contribution in [0.1, 0.15) is 22.8 Å². The highest BCUT2D eigenvalue weighted by molar-refractivity contribution is 8.11. The predicted molar refractivity (Wildman–Crippen MR) is 103 cm³/mol. The Hall–Kier alpha value is -1.93. The van der Waals surface area contributed by atoms with Crippen molar-refractivity contribution in [2.45, 2.75) is 17.0 Å². The molecule has 4 heteroatoms. The van der Waals surface area contributed by atoms with E-state index in [0.717, 1.165) is 17.6 Å². The molecule has 0 fully saturated rings. The number of nitriles is 1. The highest BCUT2D eigenvalue weighted by atomic mass is 32.2. The van der Waals surface area contributed by atoms with Crippen molar-refractivity contribution in [3.63, 3.8) is 0 Å². The van der Waals surface area contributed by atoms with Crippen LogP contribution in [0.3, 0.4) is 0 Å². The van der Waals surface area contributed by atoms with Crippen molar-refractivity contribution in [1.29, 1.82) is 5.26 Å². The van der Waals surface area contributed by atoms with Crippen LogP contribution in [0.15, 0.2) is 76.7 Å². The van der Waals surface area contributed by atoms with E-state index < -0.39 is 0 Å². The van der Waals surface area contributed by atoms with Gasteiger partial charge in [-0.25, -0.2) is 0 Å². The van der Waals surface area contributed by atoms with E-state index in [-0.39, 0.29) is 5.37 Å². The number of fused-ring (bicyclic) bond motifs is 1. The van der Waals surface area contributed by atoms with Crippen LogP contribution < -0.4 is 5.73 Å². The van der Waals surface area contributed by atoms with Crippen molar-refractivity contribution >= 4 is 28.4 Å². The van der Waals surface area contributed by atoms with E-state index in [1.807, 2.05) is 23.9 Å². The topological polar surface area (TPSA) is 49.8 Å². The minimum absolute atomic E-state index is 0.242. The molecule has 2 aliphatic rings. The molecule has 2 aromatic carbocycles. The molecular weight excluding hydrogens is 332 g/mol. The van der Waals surface area contributed by atoms with Gasteiger partial charge in [0.2, 0.25) is 0 Å². The van der Waals surface area contributed by atoms with Crippen molar-refractivity contribution in [3.8, 4) is 6.07 Å². The summed E-state index contributed by atoms with van der Waals surface area (Å²) in [5, 5.41) is 9.63. The summed E-state index contributed by atoms with van der Waals surface area (Å²) in [5.74, 6) is 0. The van der Waals surface area contributed by atoms with Crippen LogP contribution >= 0.6 is 23.5 Å². The van der Waals surface area contributed by atoms with E-state index in [9.17, 15) is 5.26 Å². The van der Waals surface area contributed by atoms with Gasteiger partial charge in [-0.2, -0.15) is 5.26 Å². The van der Waals surface area contributed by atoms with Crippen molar-refractivity contribution in [3.05, 3.63) is 87.8 Å². The Morgan fingerprint density at radius 2 is 1.58 bits per heavy atom. The minimum Gasteiger partial charge on any atom is -0.315 e. The molecule has 2 unspecified atom stereocenters. The van der Waals surface area contributed by atoms with Gasteiger partial charge in [0.25, 0.3) is 0 Å². The Bertz CT molecular complexity index is 864. The fraction of sp³-hybridized carbons (Fsp3) is 0.150. The maximum atomic E-state index is 9.56. The molecule has 0 saturated heterocycles. The summed E-state index contributed by atoms with van der Waals surface area (Å²) in [6.07, 6.45) is 0.865. The highest BCUT2D eigenvalue weighted by Gasteiger charge is 2.36. The largest absolute Gasteiger partial charge is 0.315 e. The molecule has 0 saturated carbocycles. The Labute approximate surface area is 150 Å². The molecule has 4 rings (SSSR count). The van der Waals surface area contributed by atoms with Gasteiger partial charge < -0.3 is 5.73 Å². The fourth-order valence-electron chi connectivity index (χ4n) is 3.14. The van der Waals surface area contributed by atoms with Crippen LogP contribution in [0.25, 0.3) is 4.91 Å². The first-order chi connectivity index (χ1) is 11.8. The standard InChI is InChI=1S/C20H16N2S2/c21-12-16-15-11-17(13-7-3-1-4-8-13)23-18(19(15)24-20(16)22)14-9-5-2-6-10-14/h1-10,17,20H,11,22H2. The number of allylic oxidation sites excluding steroid dienone is 1. The Morgan fingerprint density at radius 3 is 2.25 bits per heavy atom. The van der Waals surface area contributed by atoms with Crippen molar-refractivity contribution in [2.75, 3.05) is 0 Å². The zero-order valence-corrected chi connectivity index (χ0v) is 14.6. The number of nitrogens with two attached hydrogens (primary N) is 1. The maximum Gasteiger partial charge on any atom is 0.0976 e. The molecule has 0 aromatic heterocycles. The molecule has 2 N–H and O–H groups in total. The maximum absolute atomic E-state index is 9.56. The molecule has 2 nitrogen and oxygen atoms in total. The first kappa shape index (κ1) is 15.6. The van der Waals surface area contributed by atoms with Gasteiger partial charge >= 0.3 is 0 Å². The van der Waals surface area contributed by atoms with Crippen LogP contribution in [0.5, 0.6) is 0 Å². The molecule has 24 heavy (non-hydrogen) atoms. The molecule has 118 valence electrons. The third kappa shape index (κ3) is 2.69. The third-order valence-corrected chi connectivity index (χ3v) is 7.02. The monoisotopic (exact) mass is 348 g/mol. The van der Waals surface area contributed by atoms with E-state index in [2.05, 4.69) is 54.6 Å².